The van der Waals surface area contributed by atoms with E-state index in [1.807, 2.05) is 36.4 Å². The number of carbonyl (C=O) groups excluding carboxylic acids is 1. The Morgan fingerprint density at radius 3 is 2.83 bits per heavy atom. The molecule has 7 heteroatoms. The molecule has 2 aromatic rings. The molecule has 0 spiro atoms. The molecule has 1 aromatic heterocycles. The van der Waals surface area contributed by atoms with Crippen molar-refractivity contribution in [2.75, 3.05) is 26.2 Å². The van der Waals surface area contributed by atoms with Gasteiger partial charge in [-0.25, -0.2) is 0 Å². The van der Waals surface area contributed by atoms with E-state index >= 15 is 0 Å². The summed E-state index contributed by atoms with van der Waals surface area (Å²) in [5.74, 6) is -0.0973. The fraction of sp³-hybridized carbons (Fsp3) is 0.375. The molecule has 1 atom stereocenters. The summed E-state index contributed by atoms with van der Waals surface area (Å²) in [4.78, 5) is 14.4. The molecule has 0 saturated carbocycles. The monoisotopic (exact) mass is 336 g/mol. The van der Waals surface area contributed by atoms with E-state index in [2.05, 4.69) is 10.4 Å². The van der Waals surface area contributed by atoms with Gasteiger partial charge in [0.25, 0.3) is 5.91 Å². The van der Waals surface area contributed by atoms with Gasteiger partial charge in [-0.1, -0.05) is 30.3 Å². The van der Waals surface area contributed by atoms with Crippen LogP contribution < -0.4 is 5.32 Å². The van der Waals surface area contributed by atoms with E-state index in [9.17, 15) is 9.90 Å². The number of aliphatic hydroxyl groups is 1. The highest BCUT2D eigenvalue weighted by Gasteiger charge is 2.24. The predicted octanol–water partition coefficient (Wildman–Crippen LogP) is 0.915. The molecule has 1 unspecified atom stereocenters. The first kappa shape index (κ1) is 17.5. The minimum absolute atomic E-state index is 0. The van der Waals surface area contributed by atoms with Crippen LogP contribution in [0, 0.1) is 0 Å². The molecule has 23 heavy (non-hydrogen) atoms. The molecule has 0 bridgehead atoms. The van der Waals surface area contributed by atoms with Gasteiger partial charge in [0.15, 0.2) is 0 Å². The van der Waals surface area contributed by atoms with Crippen LogP contribution in [-0.4, -0.2) is 58.0 Å². The van der Waals surface area contributed by atoms with Crippen molar-refractivity contribution in [2.45, 2.75) is 6.10 Å². The molecule has 1 aromatic carbocycles. The summed E-state index contributed by atoms with van der Waals surface area (Å²) >= 11 is 0. The first-order valence-corrected chi connectivity index (χ1v) is 7.42. The highest BCUT2D eigenvalue weighted by atomic mass is 35.5. The highest BCUT2D eigenvalue weighted by Crippen LogP contribution is 2.19. The number of hydrogen-bond donors (Lipinski definition) is 2. The standard InChI is InChI=1S/C16H20N4O2.ClH/c1-19-15(9-14(18-19)12-5-3-2-4-6-12)16(22)20-8-7-17-10-13(21)11-20;/h2-6,9,13,17,21H,7-8,10-11H2,1H3;1H. The SMILES string of the molecule is Cl.Cn1nc(-c2ccccc2)cc1C(=O)N1CCNCC(O)C1. The summed E-state index contributed by atoms with van der Waals surface area (Å²) in [7, 11) is 1.77. The van der Waals surface area contributed by atoms with Crippen molar-refractivity contribution in [2.24, 2.45) is 7.05 Å². The molecule has 2 N–H and O–H groups in total. The van der Waals surface area contributed by atoms with Gasteiger partial charge in [0, 0.05) is 38.8 Å². The molecule has 6 nitrogen and oxygen atoms in total. The molecular weight excluding hydrogens is 316 g/mol. The second-order valence-electron chi connectivity index (χ2n) is 5.51. The summed E-state index contributed by atoms with van der Waals surface area (Å²) in [6.07, 6.45) is -0.534. The predicted molar refractivity (Wildman–Crippen MR) is 90.7 cm³/mol. The van der Waals surface area contributed by atoms with Crippen LogP contribution in [0.2, 0.25) is 0 Å². The van der Waals surface area contributed by atoms with E-state index in [4.69, 9.17) is 0 Å². The van der Waals surface area contributed by atoms with Gasteiger partial charge in [0.05, 0.1) is 11.8 Å². The lowest BCUT2D eigenvalue weighted by Gasteiger charge is -2.21. The molecule has 1 saturated heterocycles. The van der Waals surface area contributed by atoms with Crippen molar-refractivity contribution in [1.29, 1.82) is 0 Å². The van der Waals surface area contributed by atoms with Crippen molar-refractivity contribution in [3.05, 3.63) is 42.1 Å². The van der Waals surface area contributed by atoms with Crippen LogP contribution in [0.25, 0.3) is 11.3 Å². The van der Waals surface area contributed by atoms with Gasteiger partial charge < -0.3 is 15.3 Å². The third-order valence-electron chi connectivity index (χ3n) is 3.83. The number of nitrogens with one attached hydrogen (secondary N) is 1. The van der Waals surface area contributed by atoms with Crippen molar-refractivity contribution in [1.82, 2.24) is 20.0 Å². The number of β-amino-alcohol motifs (C(OH)–C–C–N with tert-alkyl or cyclic N) is 1. The van der Waals surface area contributed by atoms with Crippen LogP contribution in [0.4, 0.5) is 0 Å². The molecule has 124 valence electrons. The minimum Gasteiger partial charge on any atom is -0.390 e. The highest BCUT2D eigenvalue weighted by molar-refractivity contribution is 5.93. The Morgan fingerprint density at radius 2 is 2.09 bits per heavy atom. The van der Waals surface area contributed by atoms with Crippen molar-refractivity contribution >= 4 is 18.3 Å². The number of aromatic nitrogens is 2. The average Bonchev–Trinajstić information content (AvgIpc) is 2.78. The summed E-state index contributed by atoms with van der Waals surface area (Å²) in [6.45, 7) is 2.13. The lowest BCUT2D eigenvalue weighted by Crippen LogP contribution is -2.38. The van der Waals surface area contributed by atoms with Crippen molar-refractivity contribution in [3.8, 4) is 11.3 Å². The number of halogens is 1. The zero-order valence-electron chi connectivity index (χ0n) is 13.0. The maximum absolute atomic E-state index is 12.7. The van der Waals surface area contributed by atoms with E-state index in [1.165, 1.54) is 0 Å². The van der Waals surface area contributed by atoms with Gasteiger partial charge in [-0.15, -0.1) is 12.4 Å². The molecule has 3 rings (SSSR count). The number of benzene rings is 1. The third-order valence-corrected chi connectivity index (χ3v) is 3.83. The van der Waals surface area contributed by atoms with E-state index in [0.717, 1.165) is 11.3 Å². The number of aryl methyl sites for hydroxylation is 1. The Balaban J connectivity index is 0.00000192. The van der Waals surface area contributed by atoms with E-state index in [-0.39, 0.29) is 18.3 Å². The fourth-order valence-electron chi connectivity index (χ4n) is 2.66. The van der Waals surface area contributed by atoms with Crippen molar-refractivity contribution in [3.63, 3.8) is 0 Å². The van der Waals surface area contributed by atoms with Crippen LogP contribution in [0.5, 0.6) is 0 Å². The summed E-state index contributed by atoms with van der Waals surface area (Å²) in [5, 5.41) is 17.4. The van der Waals surface area contributed by atoms with E-state index in [0.29, 0.717) is 31.9 Å². The van der Waals surface area contributed by atoms with Gasteiger partial charge in [-0.2, -0.15) is 5.10 Å². The van der Waals surface area contributed by atoms with E-state index < -0.39 is 6.10 Å². The first-order valence-electron chi connectivity index (χ1n) is 7.42. The fourth-order valence-corrected chi connectivity index (χ4v) is 2.66. The molecule has 0 radical (unpaired) electrons. The Bertz CT molecular complexity index is 659. The number of amides is 1. The summed E-state index contributed by atoms with van der Waals surface area (Å²) < 4.78 is 1.61. The second-order valence-corrected chi connectivity index (χ2v) is 5.51. The van der Waals surface area contributed by atoms with Crippen LogP contribution in [0.3, 0.4) is 0 Å². The third kappa shape index (κ3) is 3.90. The van der Waals surface area contributed by atoms with Crippen molar-refractivity contribution < 1.29 is 9.90 Å². The van der Waals surface area contributed by atoms with Gasteiger partial charge in [-0.05, 0) is 6.07 Å². The summed E-state index contributed by atoms with van der Waals surface area (Å²) in [6, 6.07) is 11.6. The van der Waals surface area contributed by atoms with Gasteiger partial charge in [0.1, 0.15) is 5.69 Å². The smallest absolute Gasteiger partial charge is 0.272 e. The summed E-state index contributed by atoms with van der Waals surface area (Å²) in [5.41, 5.74) is 2.29. The average molecular weight is 337 g/mol. The molecular formula is C16H21ClN4O2. The number of carbonyl (C=O) groups is 1. The molecule has 1 fully saturated rings. The molecule has 1 aliphatic rings. The number of nitrogens with zero attached hydrogens (tertiary/aromatic N) is 3. The Morgan fingerprint density at radius 1 is 1.35 bits per heavy atom. The zero-order valence-corrected chi connectivity index (χ0v) is 13.8. The van der Waals surface area contributed by atoms with Crippen LogP contribution >= 0.6 is 12.4 Å². The Kier molecular flexibility index (Phi) is 5.76. The topological polar surface area (TPSA) is 70.4 Å². The lowest BCUT2D eigenvalue weighted by molar-refractivity contribution is 0.0662. The zero-order chi connectivity index (χ0) is 15.5. The maximum Gasteiger partial charge on any atom is 0.272 e. The van der Waals surface area contributed by atoms with Gasteiger partial charge in [0.2, 0.25) is 0 Å². The number of aliphatic hydroxyl groups excluding tert-OH is 1. The van der Waals surface area contributed by atoms with Gasteiger partial charge >= 0.3 is 0 Å². The molecule has 1 amide bonds. The van der Waals surface area contributed by atoms with Crippen LogP contribution in [0.15, 0.2) is 36.4 Å². The first-order chi connectivity index (χ1) is 10.6. The minimum atomic E-state index is -0.534. The van der Waals surface area contributed by atoms with E-state index in [1.54, 1.807) is 16.6 Å². The van der Waals surface area contributed by atoms with Crippen LogP contribution in [0.1, 0.15) is 10.5 Å². The normalized spacial score (nSPS) is 18.2. The van der Waals surface area contributed by atoms with Gasteiger partial charge in [-0.3, -0.25) is 9.48 Å². The largest absolute Gasteiger partial charge is 0.390 e. The van der Waals surface area contributed by atoms with Crippen LogP contribution in [-0.2, 0) is 7.05 Å². The Hall–Kier alpha value is -1.89. The Labute approximate surface area is 141 Å². The second kappa shape index (κ2) is 7.59. The number of rotatable bonds is 2. The quantitative estimate of drug-likeness (QED) is 0.855. The molecule has 0 aliphatic carbocycles. The molecule has 1 aliphatic heterocycles. The maximum atomic E-state index is 12.7. The number of hydrogen-bond acceptors (Lipinski definition) is 4. The molecule has 2 heterocycles. The lowest BCUT2D eigenvalue weighted by atomic mass is 10.1.